The lowest BCUT2D eigenvalue weighted by Crippen LogP contribution is -2.36. The SMILES string of the molecule is Cc1c2ccc3c1nnn3CCCCCCc1ccc(cc1CC(F)(F)F)C(=O)N1CCc3ccc(cc3C1)[C@@H]2CC(=O)O. The molecule has 5 aliphatic heterocycles. The molecule has 1 aromatic heterocycles. The van der Waals surface area contributed by atoms with Crippen molar-refractivity contribution in [2.45, 2.75) is 83.5 Å². The molecule has 0 radical (unpaired) electrons. The molecule has 1 amide bonds. The van der Waals surface area contributed by atoms with Crippen molar-refractivity contribution < 1.29 is 27.9 Å². The number of aliphatic carboxylic acids is 1. The van der Waals surface area contributed by atoms with Crippen molar-refractivity contribution in [3.63, 3.8) is 0 Å². The van der Waals surface area contributed by atoms with Gasteiger partial charge in [0, 0.05) is 31.1 Å². The predicted octanol–water partition coefficient (Wildman–Crippen LogP) is 6.77. The zero-order valence-electron chi connectivity index (χ0n) is 24.7. The van der Waals surface area contributed by atoms with Crippen molar-refractivity contribution >= 4 is 22.9 Å². The fraction of sp³-hybridized carbons (Fsp3) is 0.412. The number of aryl methyl sites for hydroxylation is 3. The topological polar surface area (TPSA) is 88.3 Å². The summed E-state index contributed by atoms with van der Waals surface area (Å²) in [4.78, 5) is 27.4. The molecule has 0 saturated carbocycles. The second-order valence-electron chi connectivity index (χ2n) is 12.1. The fourth-order valence-corrected chi connectivity index (χ4v) is 6.77. The number of halogens is 3. The predicted molar refractivity (Wildman–Crippen MR) is 160 cm³/mol. The third-order valence-electron chi connectivity index (χ3n) is 9.08. The van der Waals surface area contributed by atoms with Gasteiger partial charge in [0.1, 0.15) is 5.52 Å². The molecule has 0 aliphatic carbocycles. The second kappa shape index (κ2) is 12.1. The van der Waals surface area contributed by atoms with Crippen LogP contribution in [0.15, 0.2) is 48.5 Å². The summed E-state index contributed by atoms with van der Waals surface area (Å²) in [5.74, 6) is -1.66. The van der Waals surface area contributed by atoms with Crippen LogP contribution in [0.3, 0.4) is 0 Å². The van der Waals surface area contributed by atoms with Gasteiger partial charge in [-0.15, -0.1) is 5.10 Å². The fourth-order valence-electron chi connectivity index (χ4n) is 6.77. The first-order valence-corrected chi connectivity index (χ1v) is 15.2. The molecule has 9 bridgehead atoms. The highest BCUT2D eigenvalue weighted by Crippen LogP contribution is 2.36. The number of amides is 1. The van der Waals surface area contributed by atoms with E-state index in [0.29, 0.717) is 38.0 Å². The Balaban J connectivity index is 1.41. The lowest BCUT2D eigenvalue weighted by atomic mass is 9.83. The molecule has 0 spiro atoms. The number of rotatable bonds is 3. The van der Waals surface area contributed by atoms with E-state index < -0.39 is 24.5 Å². The monoisotopic (exact) mass is 604 g/mol. The maximum Gasteiger partial charge on any atom is 0.393 e. The first kappa shape index (κ1) is 29.8. The molecule has 7 nitrogen and oxygen atoms in total. The molecule has 0 unspecified atom stereocenters. The van der Waals surface area contributed by atoms with Gasteiger partial charge in [-0.1, -0.05) is 48.4 Å². The van der Waals surface area contributed by atoms with Crippen LogP contribution in [-0.2, 0) is 37.1 Å². The molecule has 4 aromatic rings. The van der Waals surface area contributed by atoms with E-state index in [-0.39, 0.29) is 23.5 Å². The highest BCUT2D eigenvalue weighted by Gasteiger charge is 2.30. The van der Waals surface area contributed by atoms with Crippen LogP contribution in [0.2, 0.25) is 0 Å². The molecule has 9 rings (SSSR count). The van der Waals surface area contributed by atoms with Gasteiger partial charge in [0.05, 0.1) is 18.4 Å². The van der Waals surface area contributed by atoms with Crippen molar-refractivity contribution in [1.29, 1.82) is 0 Å². The Kier molecular flexibility index (Phi) is 8.18. The third kappa shape index (κ3) is 6.21. The molecule has 6 heterocycles. The summed E-state index contributed by atoms with van der Waals surface area (Å²) in [6, 6.07) is 14.6. The van der Waals surface area contributed by atoms with Crippen LogP contribution in [0.5, 0.6) is 0 Å². The van der Waals surface area contributed by atoms with Crippen molar-refractivity contribution in [3.05, 3.63) is 93.0 Å². The average Bonchev–Trinajstić information content (AvgIpc) is 3.40. The third-order valence-corrected chi connectivity index (χ3v) is 9.08. The van der Waals surface area contributed by atoms with Crippen molar-refractivity contribution in [3.8, 4) is 0 Å². The normalized spacial score (nSPS) is 17.8. The maximum atomic E-state index is 13.6. The lowest BCUT2D eigenvalue weighted by Gasteiger charge is -2.30. The summed E-state index contributed by atoms with van der Waals surface area (Å²) in [5.41, 5.74) is 7.26. The first-order chi connectivity index (χ1) is 21.1. The van der Waals surface area contributed by atoms with E-state index in [1.807, 2.05) is 41.9 Å². The van der Waals surface area contributed by atoms with Crippen molar-refractivity contribution in [2.75, 3.05) is 6.54 Å². The van der Waals surface area contributed by atoms with Crippen LogP contribution in [0, 0.1) is 6.92 Å². The van der Waals surface area contributed by atoms with E-state index in [1.165, 1.54) is 6.07 Å². The molecule has 5 aliphatic rings. The minimum absolute atomic E-state index is 0.115. The minimum Gasteiger partial charge on any atom is -0.481 e. The number of hydrogen-bond donors (Lipinski definition) is 1. The van der Waals surface area contributed by atoms with E-state index in [4.69, 9.17) is 0 Å². The molecular weight excluding hydrogens is 569 g/mol. The Bertz CT molecular complexity index is 1730. The van der Waals surface area contributed by atoms with Gasteiger partial charge in [0.25, 0.3) is 5.91 Å². The largest absolute Gasteiger partial charge is 0.481 e. The smallest absolute Gasteiger partial charge is 0.393 e. The molecule has 3 aromatic carbocycles. The quantitative estimate of drug-likeness (QED) is 0.279. The van der Waals surface area contributed by atoms with E-state index in [2.05, 4.69) is 10.3 Å². The number of hydrogen-bond acceptors (Lipinski definition) is 4. The molecule has 230 valence electrons. The van der Waals surface area contributed by atoms with E-state index in [1.54, 1.807) is 17.0 Å². The van der Waals surface area contributed by atoms with Gasteiger partial charge in [-0.2, -0.15) is 13.2 Å². The summed E-state index contributed by atoms with van der Waals surface area (Å²) in [5, 5.41) is 18.7. The van der Waals surface area contributed by atoms with E-state index >= 15 is 0 Å². The summed E-state index contributed by atoms with van der Waals surface area (Å²) in [7, 11) is 0. The van der Waals surface area contributed by atoms with Gasteiger partial charge < -0.3 is 10.0 Å². The van der Waals surface area contributed by atoms with Crippen LogP contribution < -0.4 is 0 Å². The number of aromatic nitrogens is 3. The average molecular weight is 605 g/mol. The number of carboxylic acid groups (broad SMARTS) is 1. The number of nitrogens with zero attached hydrogens (tertiary/aromatic N) is 4. The van der Waals surface area contributed by atoms with Crippen LogP contribution >= 0.6 is 0 Å². The second-order valence-corrected chi connectivity index (χ2v) is 12.1. The van der Waals surface area contributed by atoms with Gasteiger partial charge in [0.2, 0.25) is 0 Å². The van der Waals surface area contributed by atoms with Gasteiger partial charge in [0.15, 0.2) is 0 Å². The van der Waals surface area contributed by atoms with Crippen molar-refractivity contribution in [1.82, 2.24) is 19.9 Å². The first-order valence-electron chi connectivity index (χ1n) is 15.2. The Labute approximate surface area is 253 Å². The Hall–Kier alpha value is -4.21. The van der Waals surface area contributed by atoms with Crippen LogP contribution in [0.1, 0.15) is 87.3 Å². The highest BCUT2D eigenvalue weighted by molar-refractivity contribution is 5.94. The van der Waals surface area contributed by atoms with E-state index in [9.17, 15) is 27.9 Å². The van der Waals surface area contributed by atoms with E-state index in [0.717, 1.165) is 64.5 Å². The molecular formula is C34H35F3N4O3. The van der Waals surface area contributed by atoms with Gasteiger partial charge >= 0.3 is 12.1 Å². The molecule has 0 fully saturated rings. The number of alkyl halides is 3. The standard InChI is InChI=1S/C34H35F3N4O3/c1-21-28-11-12-30-32(21)38-39-41(30)14-5-3-2-4-6-22-8-10-25(17-26(22)19-34(35,36)37)33(44)40-15-13-23-7-9-24(16-27(23)20-40)29(28)18-31(42)43/h7-12,16-17,29H,2-6,13-15,18-20H2,1H3,(H,42,43)/t29-/m0/s1. The lowest BCUT2D eigenvalue weighted by molar-refractivity contribution is -0.137. The number of carbonyl (C=O) groups is 2. The highest BCUT2D eigenvalue weighted by atomic mass is 19.4. The Morgan fingerprint density at radius 1 is 0.955 bits per heavy atom. The summed E-state index contributed by atoms with van der Waals surface area (Å²) < 4.78 is 42.5. The zero-order valence-corrected chi connectivity index (χ0v) is 24.7. The van der Waals surface area contributed by atoms with Crippen molar-refractivity contribution in [2.24, 2.45) is 0 Å². The Morgan fingerprint density at radius 2 is 1.75 bits per heavy atom. The molecule has 44 heavy (non-hydrogen) atoms. The zero-order chi connectivity index (χ0) is 31.0. The van der Waals surface area contributed by atoms with Gasteiger partial charge in [-0.25, -0.2) is 4.68 Å². The minimum atomic E-state index is -4.38. The van der Waals surface area contributed by atoms with Gasteiger partial charge in [-0.05, 0) is 89.8 Å². The van der Waals surface area contributed by atoms with Crippen LogP contribution in [0.25, 0.3) is 11.0 Å². The number of carbonyl (C=O) groups excluding carboxylic acids is 1. The summed E-state index contributed by atoms with van der Waals surface area (Å²) in [6.07, 6.45) is -1.11. The molecule has 1 N–H and O–H groups in total. The number of carboxylic acids is 1. The Morgan fingerprint density at radius 3 is 2.55 bits per heavy atom. The van der Waals surface area contributed by atoms with Gasteiger partial charge in [-0.3, -0.25) is 9.59 Å². The maximum absolute atomic E-state index is 13.6. The summed E-state index contributed by atoms with van der Waals surface area (Å²) in [6.45, 7) is 3.36. The van der Waals surface area contributed by atoms with Crippen LogP contribution in [0.4, 0.5) is 13.2 Å². The molecule has 0 saturated heterocycles. The number of benzene rings is 3. The molecule has 1 atom stereocenters. The van der Waals surface area contributed by atoms with Crippen LogP contribution in [-0.4, -0.2) is 49.6 Å². The molecule has 10 heteroatoms. The summed E-state index contributed by atoms with van der Waals surface area (Å²) >= 11 is 0.